The van der Waals surface area contributed by atoms with Gasteiger partial charge < -0.3 is 34.5 Å². The molecule has 4 aromatic rings. The van der Waals surface area contributed by atoms with Crippen molar-refractivity contribution in [1.29, 1.82) is 0 Å². The van der Waals surface area contributed by atoms with Crippen molar-refractivity contribution in [2.45, 2.75) is 45.3 Å². The van der Waals surface area contributed by atoms with Crippen LogP contribution in [0.5, 0.6) is 5.75 Å². The minimum atomic E-state index is -2.57. The molecule has 0 atom stereocenters. The van der Waals surface area contributed by atoms with Crippen LogP contribution < -0.4 is 25.6 Å². The Bertz CT molecular complexity index is 1940. The van der Waals surface area contributed by atoms with E-state index in [0.29, 0.717) is 58.3 Å². The first-order valence-electron chi connectivity index (χ1n) is 17.6. The summed E-state index contributed by atoms with van der Waals surface area (Å²) in [6.07, 6.45) is 7.18. The smallest absolute Gasteiger partial charge is 0.410 e. The van der Waals surface area contributed by atoms with Crippen molar-refractivity contribution < 1.29 is 18.8 Å². The highest BCUT2D eigenvalue weighted by molar-refractivity contribution is 7.70. The van der Waals surface area contributed by atoms with Crippen LogP contribution in [0.15, 0.2) is 55.0 Å². The molecule has 2 saturated heterocycles. The maximum atomic E-state index is 13.0. The Kier molecular flexibility index (Phi) is 11.0. The Hall–Kier alpha value is -4.32. The highest BCUT2D eigenvalue weighted by Gasteiger charge is 2.32. The first-order valence-corrected chi connectivity index (χ1v) is 20.6. The van der Waals surface area contributed by atoms with Gasteiger partial charge in [0.1, 0.15) is 23.5 Å². The monoisotopic (exact) mass is 749 g/mol. The molecule has 0 spiro atoms. The molecule has 2 fully saturated rings. The summed E-state index contributed by atoms with van der Waals surface area (Å²) in [6, 6.07) is 12.0. The molecule has 15 heteroatoms. The molecule has 0 saturated carbocycles. The molecule has 2 N–H and O–H groups in total. The zero-order chi connectivity index (χ0) is 37.2. The van der Waals surface area contributed by atoms with Crippen LogP contribution in [0.25, 0.3) is 11.1 Å². The predicted octanol–water partition coefficient (Wildman–Crippen LogP) is 6.80. The van der Waals surface area contributed by atoms with E-state index in [-0.39, 0.29) is 6.09 Å². The number of halogens is 1. The van der Waals surface area contributed by atoms with Crippen LogP contribution in [-0.4, -0.2) is 107 Å². The average molecular weight is 750 g/mol. The zero-order valence-electron chi connectivity index (χ0n) is 31.0. The molecule has 2 aromatic heterocycles. The molecule has 2 aromatic carbocycles. The summed E-state index contributed by atoms with van der Waals surface area (Å²) in [5, 5.41) is 12.1. The van der Waals surface area contributed by atoms with Gasteiger partial charge in [-0.15, -0.1) is 0 Å². The second kappa shape index (κ2) is 15.3. The van der Waals surface area contributed by atoms with E-state index in [1.807, 2.05) is 69.4 Å². The lowest BCUT2D eigenvalue weighted by atomic mass is 9.98. The molecule has 52 heavy (non-hydrogen) atoms. The Morgan fingerprint density at radius 2 is 1.69 bits per heavy atom. The summed E-state index contributed by atoms with van der Waals surface area (Å²) in [5.74, 6) is 1.34. The third-order valence-electron chi connectivity index (χ3n) is 9.35. The Labute approximate surface area is 311 Å². The topological polar surface area (TPSA) is 130 Å². The highest BCUT2D eigenvalue weighted by Crippen LogP contribution is 2.42. The lowest BCUT2D eigenvalue weighted by Gasteiger charge is -2.43. The molecule has 6 rings (SSSR count). The van der Waals surface area contributed by atoms with Gasteiger partial charge in [-0.1, -0.05) is 23.7 Å². The molecular formula is C37H49ClN9O4P. The molecule has 4 heterocycles. The van der Waals surface area contributed by atoms with E-state index in [4.69, 9.17) is 26.1 Å². The Morgan fingerprint density at radius 3 is 2.33 bits per heavy atom. The normalized spacial score (nSPS) is 16.2. The number of methoxy groups -OCH3 is 1. The van der Waals surface area contributed by atoms with Gasteiger partial charge in [0, 0.05) is 86.7 Å². The fraction of sp³-hybridized carbons (Fsp3) is 0.459. The largest absolute Gasteiger partial charge is 0.494 e. The molecule has 0 aliphatic carbocycles. The second-order valence-corrected chi connectivity index (χ2v) is 18.3. The van der Waals surface area contributed by atoms with Crippen molar-refractivity contribution in [2.75, 3.05) is 75.2 Å². The van der Waals surface area contributed by atoms with Gasteiger partial charge in [0.2, 0.25) is 5.95 Å². The fourth-order valence-corrected chi connectivity index (χ4v) is 8.06. The molecule has 0 bridgehead atoms. The third-order valence-corrected chi connectivity index (χ3v) is 11.2. The number of ether oxygens (including phenoxy) is 2. The number of para-hydroxylation sites is 1. The molecule has 2 aliphatic rings. The van der Waals surface area contributed by atoms with Crippen molar-refractivity contribution in [3.63, 3.8) is 0 Å². The van der Waals surface area contributed by atoms with Crippen molar-refractivity contribution in [1.82, 2.24) is 29.5 Å². The maximum Gasteiger partial charge on any atom is 0.410 e. The molecule has 1 amide bonds. The highest BCUT2D eigenvalue weighted by atomic mass is 35.5. The first kappa shape index (κ1) is 37.4. The van der Waals surface area contributed by atoms with Crippen LogP contribution in [0.1, 0.15) is 33.6 Å². The summed E-state index contributed by atoms with van der Waals surface area (Å²) < 4.78 is 26.3. The third kappa shape index (κ3) is 8.82. The first-order chi connectivity index (χ1) is 24.7. The molecule has 0 unspecified atom stereocenters. The number of aryl methyl sites for hydroxylation is 1. The average Bonchev–Trinajstić information content (AvgIpc) is 3.54. The number of hydrogen-bond acceptors (Lipinski definition) is 11. The molecule has 0 radical (unpaired) electrons. The van der Waals surface area contributed by atoms with Crippen LogP contribution in [0, 0.1) is 0 Å². The van der Waals surface area contributed by atoms with Crippen LogP contribution in [0.4, 0.5) is 33.6 Å². The number of rotatable bonds is 9. The van der Waals surface area contributed by atoms with E-state index >= 15 is 0 Å². The maximum absolute atomic E-state index is 13.0. The SMILES string of the molecule is COc1cc(N2CCC(N3CCN(C(=O)OC(C)(C)C)CC3)CC2)c(-c2cnn(C)c2)cc1Nc1ncc(Cl)c(Nc2ccccc2P(C)(C)=O)n1. The number of benzene rings is 2. The molecule has 2 aliphatic heterocycles. The van der Waals surface area contributed by atoms with Gasteiger partial charge in [-0.25, -0.2) is 9.78 Å². The number of carbonyl (C=O) groups is 1. The van der Waals surface area contributed by atoms with Crippen molar-refractivity contribution in [2.24, 2.45) is 7.05 Å². The number of aromatic nitrogens is 4. The van der Waals surface area contributed by atoms with Gasteiger partial charge in [0.15, 0.2) is 5.82 Å². The van der Waals surface area contributed by atoms with Crippen LogP contribution in [-0.2, 0) is 16.3 Å². The zero-order valence-corrected chi connectivity index (χ0v) is 32.7. The van der Waals surface area contributed by atoms with E-state index in [0.717, 1.165) is 55.8 Å². The van der Waals surface area contributed by atoms with E-state index in [9.17, 15) is 9.36 Å². The van der Waals surface area contributed by atoms with Crippen molar-refractivity contribution >= 4 is 59.0 Å². The summed E-state index contributed by atoms with van der Waals surface area (Å²) in [4.78, 5) is 28.5. The quantitative estimate of drug-likeness (QED) is 0.175. The van der Waals surface area contributed by atoms with E-state index in [1.54, 1.807) is 25.1 Å². The van der Waals surface area contributed by atoms with Crippen LogP contribution in [0.2, 0.25) is 5.02 Å². The summed E-state index contributed by atoms with van der Waals surface area (Å²) in [6.45, 7) is 13.9. The summed E-state index contributed by atoms with van der Waals surface area (Å²) in [5.41, 5.74) is 3.90. The Balaban J connectivity index is 1.20. The Morgan fingerprint density at radius 1 is 0.981 bits per heavy atom. The number of nitrogens with zero attached hydrogens (tertiary/aromatic N) is 7. The number of amides is 1. The van der Waals surface area contributed by atoms with Crippen molar-refractivity contribution in [3.8, 4) is 16.9 Å². The van der Waals surface area contributed by atoms with Crippen LogP contribution >= 0.6 is 18.7 Å². The van der Waals surface area contributed by atoms with Gasteiger partial charge in [-0.2, -0.15) is 10.1 Å². The summed E-state index contributed by atoms with van der Waals surface area (Å²) in [7, 11) is 0.988. The van der Waals surface area contributed by atoms with E-state index in [1.165, 1.54) is 6.20 Å². The van der Waals surface area contributed by atoms with Crippen LogP contribution in [0.3, 0.4) is 0 Å². The number of carbonyl (C=O) groups excluding carboxylic acids is 1. The van der Waals surface area contributed by atoms with E-state index in [2.05, 4.69) is 42.6 Å². The summed E-state index contributed by atoms with van der Waals surface area (Å²) >= 11 is 6.54. The predicted molar refractivity (Wildman–Crippen MR) is 209 cm³/mol. The number of anilines is 5. The molecular weight excluding hydrogens is 701 g/mol. The molecule has 13 nitrogen and oxygen atoms in total. The number of piperazine rings is 1. The van der Waals surface area contributed by atoms with Gasteiger partial charge in [0.05, 0.1) is 30.9 Å². The standard InChI is InChI=1S/C37H49ClN9O4P/c1-37(2,3)51-36(48)47-18-16-45(17-19-47)26-12-14-46(15-13-26)31-21-32(50-5)30(20-27(31)25-22-40-44(4)24-25)42-35-39-23-28(38)34(43-35)41-29-10-8-9-11-33(29)52(6,7)49/h8-11,20-24,26H,12-19H2,1-7H3,(H2,39,41,42,43). The minimum absolute atomic E-state index is 0.233. The number of hydrogen-bond donors (Lipinski definition) is 2. The van der Waals surface area contributed by atoms with Gasteiger partial charge in [0.25, 0.3) is 0 Å². The fourth-order valence-electron chi connectivity index (χ4n) is 6.77. The van der Waals surface area contributed by atoms with Gasteiger partial charge >= 0.3 is 6.09 Å². The molecule has 278 valence electrons. The lowest BCUT2D eigenvalue weighted by Crippen LogP contribution is -2.55. The lowest BCUT2D eigenvalue weighted by molar-refractivity contribution is 0.00902. The number of nitrogens with one attached hydrogen (secondary N) is 2. The van der Waals surface area contributed by atoms with Crippen molar-refractivity contribution in [3.05, 3.63) is 60.0 Å². The number of piperidine rings is 1. The van der Waals surface area contributed by atoms with Gasteiger partial charge in [-0.05, 0) is 65.1 Å². The van der Waals surface area contributed by atoms with Gasteiger partial charge in [-0.3, -0.25) is 9.58 Å². The second-order valence-electron chi connectivity index (χ2n) is 14.7. The minimum Gasteiger partial charge on any atom is -0.494 e. The van der Waals surface area contributed by atoms with E-state index < -0.39 is 12.7 Å².